The molecule has 18 heavy (non-hydrogen) atoms. The number of fused-ring (bicyclic) bond motifs is 1. The Kier molecular flexibility index (Phi) is 5.11. The zero-order chi connectivity index (χ0) is 12.4. The van der Waals surface area contributed by atoms with Gasteiger partial charge in [-0.15, -0.1) is 12.4 Å². The first-order valence-corrected chi connectivity index (χ1v) is 5.82. The van der Waals surface area contributed by atoms with Crippen LogP contribution in [0.1, 0.15) is 30.5 Å². The molecule has 2 atom stereocenters. The Morgan fingerprint density at radius 3 is 2.94 bits per heavy atom. The van der Waals surface area contributed by atoms with Gasteiger partial charge in [0.2, 0.25) is 0 Å². The summed E-state index contributed by atoms with van der Waals surface area (Å²) in [6.07, 6.45) is 1.11. The Balaban J connectivity index is 0.00000162. The smallest absolute Gasteiger partial charge is 0.309 e. The van der Waals surface area contributed by atoms with Crippen molar-refractivity contribution in [3.05, 3.63) is 35.1 Å². The summed E-state index contributed by atoms with van der Waals surface area (Å²) in [5, 5.41) is 0. The minimum Gasteiger partial charge on any atom is -0.466 e. The van der Waals surface area contributed by atoms with Crippen LogP contribution in [0.25, 0.3) is 0 Å². The maximum atomic E-state index is 13.1. The summed E-state index contributed by atoms with van der Waals surface area (Å²) in [6, 6.07) is 4.28. The van der Waals surface area contributed by atoms with Gasteiger partial charge in [-0.2, -0.15) is 0 Å². The van der Waals surface area contributed by atoms with Crippen LogP contribution >= 0.6 is 12.4 Å². The van der Waals surface area contributed by atoms with Crippen molar-refractivity contribution < 1.29 is 13.9 Å². The van der Waals surface area contributed by atoms with Gasteiger partial charge in [0.05, 0.1) is 12.5 Å². The van der Waals surface area contributed by atoms with E-state index in [1.807, 2.05) is 0 Å². The second-order valence-corrected chi connectivity index (χ2v) is 4.34. The van der Waals surface area contributed by atoms with Crippen LogP contribution in [0.15, 0.2) is 18.2 Å². The summed E-state index contributed by atoms with van der Waals surface area (Å²) in [5.41, 5.74) is 7.72. The zero-order valence-corrected chi connectivity index (χ0v) is 11.0. The molecule has 2 N–H and O–H groups in total. The number of carbonyl (C=O) groups excluding carboxylic acids is 1. The third kappa shape index (κ3) is 3.00. The third-order valence-electron chi connectivity index (χ3n) is 3.13. The van der Waals surface area contributed by atoms with Crippen molar-refractivity contribution in [2.45, 2.75) is 25.8 Å². The van der Waals surface area contributed by atoms with E-state index in [-0.39, 0.29) is 36.2 Å². The summed E-state index contributed by atoms with van der Waals surface area (Å²) in [7, 11) is 0. The molecule has 0 bridgehead atoms. The minimum absolute atomic E-state index is 0. The van der Waals surface area contributed by atoms with Crippen LogP contribution in [-0.2, 0) is 16.0 Å². The average Bonchev–Trinajstić information content (AvgIpc) is 2.30. The fourth-order valence-electron chi connectivity index (χ4n) is 2.32. The van der Waals surface area contributed by atoms with Crippen molar-refractivity contribution >= 4 is 18.4 Å². The molecule has 0 aliphatic heterocycles. The van der Waals surface area contributed by atoms with Gasteiger partial charge in [0, 0.05) is 6.04 Å². The molecule has 0 aromatic heterocycles. The highest BCUT2D eigenvalue weighted by Crippen LogP contribution is 2.32. The number of carbonyl (C=O) groups is 1. The quantitative estimate of drug-likeness (QED) is 0.842. The van der Waals surface area contributed by atoms with Crippen molar-refractivity contribution in [3.8, 4) is 0 Å². The zero-order valence-electron chi connectivity index (χ0n) is 10.2. The molecule has 3 nitrogen and oxygen atoms in total. The molecular weight excluding hydrogens is 257 g/mol. The van der Waals surface area contributed by atoms with Crippen molar-refractivity contribution in [1.29, 1.82) is 0 Å². The number of nitrogens with two attached hydrogens (primary N) is 1. The lowest BCUT2D eigenvalue weighted by molar-refractivity contribution is -0.148. The molecule has 1 aromatic rings. The van der Waals surface area contributed by atoms with Crippen LogP contribution in [0, 0.1) is 11.7 Å². The molecule has 0 saturated heterocycles. The lowest BCUT2D eigenvalue weighted by atomic mass is 9.81. The van der Waals surface area contributed by atoms with E-state index in [4.69, 9.17) is 10.5 Å². The largest absolute Gasteiger partial charge is 0.466 e. The molecule has 0 fully saturated rings. The Hall–Kier alpha value is -1.13. The number of esters is 1. The highest BCUT2D eigenvalue weighted by Gasteiger charge is 2.30. The van der Waals surface area contributed by atoms with Gasteiger partial charge in [0.25, 0.3) is 0 Å². The van der Waals surface area contributed by atoms with Gasteiger partial charge >= 0.3 is 5.97 Å². The van der Waals surface area contributed by atoms with Crippen LogP contribution in [-0.4, -0.2) is 12.6 Å². The monoisotopic (exact) mass is 273 g/mol. The van der Waals surface area contributed by atoms with E-state index in [1.54, 1.807) is 13.0 Å². The third-order valence-corrected chi connectivity index (χ3v) is 3.13. The molecule has 0 saturated carbocycles. The summed E-state index contributed by atoms with van der Waals surface area (Å²) in [6.45, 7) is 2.16. The summed E-state index contributed by atoms with van der Waals surface area (Å²) in [4.78, 5) is 11.7. The molecular formula is C13H17ClFNO2. The SMILES string of the molecule is CCOC(=O)[C@@H]1Cc2ccc(F)cc2[C@@H](N)C1.Cl. The summed E-state index contributed by atoms with van der Waals surface area (Å²) in [5.74, 6) is -0.699. The van der Waals surface area contributed by atoms with Crippen molar-refractivity contribution in [2.24, 2.45) is 11.7 Å². The summed E-state index contributed by atoms with van der Waals surface area (Å²) >= 11 is 0. The van der Waals surface area contributed by atoms with E-state index in [1.165, 1.54) is 12.1 Å². The molecule has 0 spiro atoms. The number of hydrogen-bond acceptors (Lipinski definition) is 3. The van der Waals surface area contributed by atoms with Crippen LogP contribution in [0.3, 0.4) is 0 Å². The van der Waals surface area contributed by atoms with E-state index in [9.17, 15) is 9.18 Å². The lowest BCUT2D eigenvalue weighted by Crippen LogP contribution is -2.30. The van der Waals surface area contributed by atoms with Crippen molar-refractivity contribution in [1.82, 2.24) is 0 Å². The molecule has 0 unspecified atom stereocenters. The number of hydrogen-bond donors (Lipinski definition) is 1. The van der Waals surface area contributed by atoms with E-state index < -0.39 is 0 Å². The molecule has 5 heteroatoms. The minimum atomic E-state index is -0.288. The number of halogens is 2. The van der Waals surface area contributed by atoms with E-state index >= 15 is 0 Å². The van der Waals surface area contributed by atoms with Gasteiger partial charge in [-0.05, 0) is 43.0 Å². The van der Waals surface area contributed by atoms with Gasteiger partial charge in [-0.1, -0.05) is 6.07 Å². The number of rotatable bonds is 2. The average molecular weight is 274 g/mol. The Morgan fingerprint density at radius 2 is 2.28 bits per heavy atom. The molecule has 0 amide bonds. The number of ether oxygens (including phenoxy) is 1. The Morgan fingerprint density at radius 1 is 1.56 bits per heavy atom. The Bertz CT molecular complexity index is 439. The molecule has 1 aliphatic carbocycles. The van der Waals surface area contributed by atoms with E-state index in [0.29, 0.717) is 19.4 Å². The normalized spacial score (nSPS) is 21.7. The number of benzene rings is 1. The van der Waals surface area contributed by atoms with Crippen molar-refractivity contribution in [3.63, 3.8) is 0 Å². The van der Waals surface area contributed by atoms with Crippen LogP contribution < -0.4 is 5.73 Å². The predicted octanol–water partition coefficient (Wildman–Crippen LogP) is 2.37. The van der Waals surface area contributed by atoms with Gasteiger partial charge < -0.3 is 10.5 Å². The predicted molar refractivity (Wildman–Crippen MR) is 69.0 cm³/mol. The fourth-order valence-corrected chi connectivity index (χ4v) is 2.32. The lowest BCUT2D eigenvalue weighted by Gasteiger charge is -2.28. The van der Waals surface area contributed by atoms with Crippen LogP contribution in [0.4, 0.5) is 4.39 Å². The van der Waals surface area contributed by atoms with Gasteiger partial charge in [0.1, 0.15) is 5.82 Å². The first kappa shape index (κ1) is 14.9. The second-order valence-electron chi connectivity index (χ2n) is 4.34. The fraction of sp³-hybridized carbons (Fsp3) is 0.462. The van der Waals surface area contributed by atoms with Crippen LogP contribution in [0.2, 0.25) is 0 Å². The maximum absolute atomic E-state index is 13.1. The van der Waals surface area contributed by atoms with Gasteiger partial charge in [0.15, 0.2) is 0 Å². The molecule has 1 aliphatic rings. The summed E-state index contributed by atoms with van der Waals surface area (Å²) < 4.78 is 18.1. The standard InChI is InChI=1S/C13H16FNO2.ClH/c1-2-17-13(16)9-5-8-3-4-10(14)7-11(8)12(15)6-9;/h3-4,7,9,12H,2,5-6,15H2,1H3;1H/t9-,12+;/m1./s1. The molecule has 100 valence electrons. The van der Waals surface area contributed by atoms with E-state index in [0.717, 1.165) is 11.1 Å². The van der Waals surface area contributed by atoms with Gasteiger partial charge in [-0.3, -0.25) is 4.79 Å². The molecule has 0 radical (unpaired) electrons. The second kappa shape index (κ2) is 6.16. The highest BCUT2D eigenvalue weighted by atomic mass is 35.5. The highest BCUT2D eigenvalue weighted by molar-refractivity contribution is 5.85. The van der Waals surface area contributed by atoms with Crippen molar-refractivity contribution in [2.75, 3.05) is 6.61 Å². The van der Waals surface area contributed by atoms with Gasteiger partial charge in [-0.25, -0.2) is 4.39 Å². The first-order chi connectivity index (χ1) is 8.11. The van der Waals surface area contributed by atoms with E-state index in [2.05, 4.69) is 0 Å². The molecule has 1 aromatic carbocycles. The molecule has 2 rings (SSSR count). The topological polar surface area (TPSA) is 52.3 Å². The first-order valence-electron chi connectivity index (χ1n) is 5.82. The Labute approximate surface area is 112 Å². The molecule has 0 heterocycles. The maximum Gasteiger partial charge on any atom is 0.309 e. The van der Waals surface area contributed by atoms with Crippen LogP contribution in [0.5, 0.6) is 0 Å².